The summed E-state index contributed by atoms with van der Waals surface area (Å²) in [6, 6.07) is 5.68. The Morgan fingerprint density at radius 1 is 1.40 bits per heavy atom. The van der Waals surface area contributed by atoms with E-state index in [0.29, 0.717) is 6.54 Å². The van der Waals surface area contributed by atoms with Crippen molar-refractivity contribution in [1.29, 1.82) is 0 Å². The van der Waals surface area contributed by atoms with E-state index in [9.17, 15) is 9.90 Å². The van der Waals surface area contributed by atoms with E-state index in [0.717, 1.165) is 43.5 Å². The average Bonchev–Trinajstić information content (AvgIpc) is 2.64. The molecule has 0 aliphatic carbocycles. The normalized spacial score (nSPS) is 20.4. The zero-order valence-electron chi connectivity index (χ0n) is 12.3. The minimum Gasteiger partial charge on any atom is -0.496 e. The van der Waals surface area contributed by atoms with Crippen LogP contribution in [0.1, 0.15) is 36.8 Å². The largest absolute Gasteiger partial charge is 0.496 e. The number of nitrogens with zero attached hydrogens (tertiary/aromatic N) is 1. The predicted molar refractivity (Wildman–Crippen MR) is 78.0 cm³/mol. The lowest BCUT2D eigenvalue weighted by Crippen LogP contribution is -2.40. The van der Waals surface area contributed by atoms with Crippen LogP contribution in [0.4, 0.5) is 0 Å². The molecule has 1 aliphatic rings. The van der Waals surface area contributed by atoms with Crippen molar-refractivity contribution in [2.45, 2.75) is 45.2 Å². The second-order valence-electron chi connectivity index (χ2n) is 5.49. The van der Waals surface area contributed by atoms with E-state index in [-0.39, 0.29) is 6.04 Å². The maximum Gasteiger partial charge on any atom is 0.320 e. The molecule has 0 amide bonds. The summed E-state index contributed by atoms with van der Waals surface area (Å²) < 4.78 is 5.39. The van der Waals surface area contributed by atoms with E-state index in [1.807, 2.05) is 19.1 Å². The van der Waals surface area contributed by atoms with Gasteiger partial charge in [-0.3, -0.25) is 9.69 Å². The number of carboxylic acid groups (broad SMARTS) is 1. The first-order chi connectivity index (χ1) is 9.61. The highest BCUT2D eigenvalue weighted by molar-refractivity contribution is 5.73. The Morgan fingerprint density at radius 3 is 2.90 bits per heavy atom. The third-order valence-corrected chi connectivity index (χ3v) is 3.96. The zero-order valence-corrected chi connectivity index (χ0v) is 12.3. The Kier molecular flexibility index (Phi) is 5.01. The highest BCUT2D eigenvalue weighted by Crippen LogP contribution is 2.25. The molecule has 1 unspecified atom stereocenters. The van der Waals surface area contributed by atoms with Crippen LogP contribution >= 0.6 is 0 Å². The van der Waals surface area contributed by atoms with Gasteiger partial charge >= 0.3 is 5.97 Å². The highest BCUT2D eigenvalue weighted by atomic mass is 16.5. The second-order valence-corrected chi connectivity index (χ2v) is 5.49. The lowest BCUT2D eigenvalue weighted by molar-refractivity contribution is -0.143. The average molecular weight is 277 g/mol. The van der Waals surface area contributed by atoms with Gasteiger partial charge in [-0.15, -0.1) is 0 Å². The van der Waals surface area contributed by atoms with Crippen molar-refractivity contribution in [2.24, 2.45) is 0 Å². The number of aryl methyl sites for hydroxylation is 1. The molecule has 1 aromatic rings. The number of ether oxygens (including phenoxy) is 1. The number of carbonyl (C=O) groups is 1. The summed E-state index contributed by atoms with van der Waals surface area (Å²) >= 11 is 0. The number of aliphatic carboxylic acids is 1. The predicted octanol–water partition coefficient (Wildman–Crippen LogP) is 2.83. The van der Waals surface area contributed by atoms with Crippen molar-refractivity contribution < 1.29 is 14.6 Å². The molecule has 110 valence electrons. The number of benzene rings is 1. The lowest BCUT2D eigenvalue weighted by Gasteiger charge is -2.27. The molecule has 1 aromatic carbocycles. The molecule has 0 radical (unpaired) electrons. The van der Waals surface area contributed by atoms with E-state index in [4.69, 9.17) is 4.74 Å². The van der Waals surface area contributed by atoms with E-state index >= 15 is 0 Å². The van der Waals surface area contributed by atoms with Gasteiger partial charge in [0, 0.05) is 12.1 Å². The van der Waals surface area contributed by atoms with Crippen LogP contribution in [0.25, 0.3) is 0 Å². The summed E-state index contributed by atoms with van der Waals surface area (Å²) in [6.07, 6.45) is 3.92. The molecule has 1 heterocycles. The first kappa shape index (κ1) is 14.9. The Hall–Kier alpha value is -1.55. The van der Waals surface area contributed by atoms with Gasteiger partial charge in [-0.05, 0) is 32.4 Å². The van der Waals surface area contributed by atoms with Crippen molar-refractivity contribution in [3.05, 3.63) is 29.3 Å². The van der Waals surface area contributed by atoms with Gasteiger partial charge < -0.3 is 9.84 Å². The van der Waals surface area contributed by atoms with Crippen molar-refractivity contribution in [3.8, 4) is 5.75 Å². The third kappa shape index (κ3) is 3.51. The Morgan fingerprint density at radius 2 is 2.20 bits per heavy atom. The summed E-state index contributed by atoms with van der Waals surface area (Å²) in [5.74, 6) is 0.127. The van der Waals surface area contributed by atoms with E-state index in [1.165, 1.54) is 5.56 Å². The van der Waals surface area contributed by atoms with Gasteiger partial charge in [0.2, 0.25) is 0 Å². The number of methoxy groups -OCH3 is 1. The van der Waals surface area contributed by atoms with Crippen LogP contribution in [0.2, 0.25) is 0 Å². The van der Waals surface area contributed by atoms with Crippen LogP contribution in [0.15, 0.2) is 18.2 Å². The molecule has 1 N–H and O–H groups in total. The van der Waals surface area contributed by atoms with Gasteiger partial charge in [0.05, 0.1) is 7.11 Å². The summed E-state index contributed by atoms with van der Waals surface area (Å²) in [5, 5.41) is 9.42. The fraction of sp³-hybridized carbons (Fsp3) is 0.562. The maximum atomic E-state index is 11.5. The summed E-state index contributed by atoms with van der Waals surface area (Å²) in [6.45, 7) is 3.52. The van der Waals surface area contributed by atoms with Gasteiger partial charge in [-0.2, -0.15) is 0 Å². The fourth-order valence-electron chi connectivity index (χ4n) is 2.89. The standard InChI is InChI=1S/C16H23NO3/c1-12-7-8-15(20-2)13(10-12)11-17-9-5-3-4-6-14(17)16(18)19/h7-8,10,14H,3-6,9,11H2,1-2H3,(H,18,19). The number of hydrogen-bond donors (Lipinski definition) is 1. The second kappa shape index (κ2) is 6.75. The highest BCUT2D eigenvalue weighted by Gasteiger charge is 2.27. The van der Waals surface area contributed by atoms with Crippen LogP contribution < -0.4 is 4.74 Å². The van der Waals surface area contributed by atoms with Crippen LogP contribution in [0.5, 0.6) is 5.75 Å². The van der Waals surface area contributed by atoms with E-state index in [1.54, 1.807) is 7.11 Å². The summed E-state index contributed by atoms with van der Waals surface area (Å²) in [5.41, 5.74) is 2.24. The Balaban J connectivity index is 2.21. The third-order valence-electron chi connectivity index (χ3n) is 3.96. The van der Waals surface area contributed by atoms with E-state index < -0.39 is 5.97 Å². The molecule has 0 spiro atoms. The molecule has 2 rings (SSSR count). The molecule has 1 atom stereocenters. The smallest absolute Gasteiger partial charge is 0.320 e. The van der Waals surface area contributed by atoms with Gasteiger partial charge in [0.25, 0.3) is 0 Å². The topological polar surface area (TPSA) is 49.8 Å². The molecule has 1 fully saturated rings. The molecule has 1 saturated heterocycles. The first-order valence-electron chi connectivity index (χ1n) is 7.22. The van der Waals surface area contributed by atoms with Crippen LogP contribution in [0, 0.1) is 6.92 Å². The van der Waals surface area contributed by atoms with Gasteiger partial charge in [-0.1, -0.05) is 30.5 Å². The fourth-order valence-corrected chi connectivity index (χ4v) is 2.89. The minimum atomic E-state index is -0.710. The number of carboxylic acids is 1. The van der Waals surface area contributed by atoms with Crippen LogP contribution in [-0.2, 0) is 11.3 Å². The van der Waals surface area contributed by atoms with Gasteiger partial charge in [0.15, 0.2) is 0 Å². The van der Waals surface area contributed by atoms with E-state index in [2.05, 4.69) is 11.0 Å². The van der Waals surface area contributed by atoms with Crippen LogP contribution in [0.3, 0.4) is 0 Å². The molecule has 0 saturated carbocycles. The monoisotopic (exact) mass is 277 g/mol. The summed E-state index contributed by atoms with van der Waals surface area (Å²) in [7, 11) is 1.66. The number of rotatable bonds is 4. The number of hydrogen-bond acceptors (Lipinski definition) is 3. The van der Waals surface area contributed by atoms with Crippen molar-refractivity contribution >= 4 is 5.97 Å². The van der Waals surface area contributed by atoms with Crippen molar-refractivity contribution in [2.75, 3.05) is 13.7 Å². The molecular weight excluding hydrogens is 254 g/mol. The first-order valence-corrected chi connectivity index (χ1v) is 7.22. The quantitative estimate of drug-likeness (QED) is 0.919. The molecular formula is C16H23NO3. The zero-order chi connectivity index (χ0) is 14.5. The van der Waals surface area contributed by atoms with Gasteiger partial charge in [0.1, 0.15) is 11.8 Å². The Labute approximate surface area is 120 Å². The molecule has 4 heteroatoms. The van der Waals surface area contributed by atoms with Gasteiger partial charge in [-0.25, -0.2) is 0 Å². The maximum absolute atomic E-state index is 11.5. The number of likely N-dealkylation sites (tertiary alicyclic amines) is 1. The lowest BCUT2D eigenvalue weighted by atomic mass is 10.1. The Bertz CT molecular complexity index is 473. The SMILES string of the molecule is COc1ccc(C)cc1CN1CCCCCC1C(=O)O. The van der Waals surface area contributed by atoms with Crippen molar-refractivity contribution in [1.82, 2.24) is 4.90 Å². The van der Waals surface area contributed by atoms with Crippen molar-refractivity contribution in [3.63, 3.8) is 0 Å². The molecule has 4 nitrogen and oxygen atoms in total. The molecule has 0 aromatic heterocycles. The molecule has 20 heavy (non-hydrogen) atoms. The molecule has 0 bridgehead atoms. The van der Waals surface area contributed by atoms with Crippen LogP contribution in [-0.4, -0.2) is 35.7 Å². The summed E-state index contributed by atoms with van der Waals surface area (Å²) in [4.78, 5) is 13.5. The minimum absolute atomic E-state index is 0.372. The molecule has 1 aliphatic heterocycles.